The number of hydrogen-bond donors (Lipinski definition) is 1. The van der Waals surface area contributed by atoms with Gasteiger partial charge >= 0.3 is 5.69 Å². The molecular weight excluding hydrogens is 528 g/mol. The predicted octanol–water partition coefficient (Wildman–Crippen LogP) is 8.12. The van der Waals surface area contributed by atoms with Gasteiger partial charge < -0.3 is 19.7 Å². The number of aryl methyl sites for hydroxylation is 1. The molecule has 1 atom stereocenters. The smallest absolute Gasteiger partial charge is 0.334 e. The fourth-order valence-corrected chi connectivity index (χ4v) is 4.94. The second-order valence-corrected chi connectivity index (χ2v) is 10.4. The highest BCUT2D eigenvalue weighted by Gasteiger charge is 2.29. The van der Waals surface area contributed by atoms with E-state index in [0.717, 1.165) is 59.6 Å². The summed E-state index contributed by atoms with van der Waals surface area (Å²) in [4.78, 5) is 19.4. The van der Waals surface area contributed by atoms with E-state index in [1.54, 1.807) is 14.2 Å². The largest absolute Gasteiger partial charge is 0.497 e. The van der Waals surface area contributed by atoms with E-state index < -0.39 is 0 Å². The molecule has 3 aromatic carbocycles. The summed E-state index contributed by atoms with van der Waals surface area (Å²) in [6, 6.07) is 27.2. The van der Waals surface area contributed by atoms with Gasteiger partial charge in [-0.15, -0.1) is 0 Å². The van der Waals surface area contributed by atoms with Gasteiger partial charge in [0.1, 0.15) is 17.2 Å². The van der Waals surface area contributed by atoms with Crippen molar-refractivity contribution in [3.63, 3.8) is 0 Å². The molecule has 8 nitrogen and oxygen atoms in total. The van der Waals surface area contributed by atoms with Gasteiger partial charge in [0.2, 0.25) is 5.82 Å². The van der Waals surface area contributed by atoms with Crippen LogP contribution in [-0.2, 0) is 19.5 Å². The quantitative estimate of drug-likeness (QED) is 0.0880. The monoisotopic (exact) mass is 568 g/mol. The summed E-state index contributed by atoms with van der Waals surface area (Å²) in [7, 11) is 3.26. The van der Waals surface area contributed by atoms with E-state index in [0.29, 0.717) is 24.6 Å². The van der Waals surface area contributed by atoms with E-state index >= 15 is 0 Å². The fraction of sp³-hybridized carbons (Fsp3) is 0.324. The van der Waals surface area contributed by atoms with Gasteiger partial charge in [-0.05, 0) is 66.8 Å². The molecule has 0 aliphatic heterocycles. The van der Waals surface area contributed by atoms with Crippen molar-refractivity contribution in [2.45, 2.75) is 58.7 Å². The normalized spacial score (nSPS) is 11.5. The van der Waals surface area contributed by atoms with Crippen molar-refractivity contribution in [3.05, 3.63) is 117 Å². The Bertz CT molecular complexity index is 1380. The van der Waals surface area contributed by atoms with Crippen LogP contribution >= 0.6 is 0 Å². The van der Waals surface area contributed by atoms with Crippen molar-refractivity contribution < 1.29 is 14.4 Å². The van der Waals surface area contributed by atoms with Gasteiger partial charge in [-0.2, -0.15) is 0 Å². The lowest BCUT2D eigenvalue weighted by molar-refractivity contribution is -0.383. The van der Waals surface area contributed by atoms with Crippen molar-refractivity contribution in [1.82, 2.24) is 4.98 Å². The average molecular weight is 569 g/mol. The van der Waals surface area contributed by atoms with E-state index in [1.165, 1.54) is 0 Å². The van der Waals surface area contributed by atoms with Crippen LogP contribution in [0.3, 0.4) is 0 Å². The SMILES string of the molecule is CCCCCc1cc(N[C@@H](C)c2ccccc2)c([N+](=O)[O-])c(N(Cc2ccc(OC)cc2)Cc2ccc(OC)cc2)n1. The molecule has 4 rings (SSSR count). The van der Waals surface area contributed by atoms with E-state index in [4.69, 9.17) is 14.5 Å². The predicted molar refractivity (Wildman–Crippen MR) is 168 cm³/mol. The van der Waals surface area contributed by atoms with Gasteiger partial charge in [-0.1, -0.05) is 74.4 Å². The zero-order valence-electron chi connectivity index (χ0n) is 24.9. The number of methoxy groups -OCH3 is 2. The van der Waals surface area contributed by atoms with Crippen LogP contribution in [0.1, 0.15) is 61.5 Å². The molecule has 0 amide bonds. The zero-order chi connectivity index (χ0) is 29.9. The molecule has 220 valence electrons. The van der Waals surface area contributed by atoms with Crippen LogP contribution in [0.25, 0.3) is 0 Å². The number of benzene rings is 3. The number of unbranched alkanes of at least 4 members (excludes halogenated alkanes) is 2. The summed E-state index contributed by atoms with van der Waals surface area (Å²) in [5.74, 6) is 1.86. The number of anilines is 2. The van der Waals surface area contributed by atoms with Gasteiger partial charge in [-0.3, -0.25) is 10.1 Å². The maximum Gasteiger partial charge on any atom is 0.334 e. The highest BCUT2D eigenvalue weighted by Crippen LogP contribution is 2.38. The standard InChI is InChI=1S/C34H40N4O4/c1-5-6-8-13-29-22-32(35-25(2)28-11-9-7-10-12-28)33(38(39)40)34(36-29)37(23-26-14-18-30(41-3)19-15-26)24-27-16-20-31(42-4)21-17-27/h7,9-12,14-22,25H,5-6,8,13,23-24H2,1-4H3,(H,35,36)/t25-/m0/s1. The third kappa shape index (κ3) is 8.00. The molecule has 0 bridgehead atoms. The zero-order valence-corrected chi connectivity index (χ0v) is 24.9. The van der Waals surface area contributed by atoms with Crippen LogP contribution in [0.4, 0.5) is 17.2 Å². The Balaban J connectivity index is 1.81. The van der Waals surface area contributed by atoms with Gasteiger partial charge in [0, 0.05) is 24.8 Å². The molecule has 0 spiro atoms. The Hall–Kier alpha value is -4.59. The molecule has 0 saturated carbocycles. The molecule has 1 heterocycles. The van der Waals surface area contributed by atoms with Gasteiger partial charge in [0.05, 0.1) is 19.1 Å². The highest BCUT2D eigenvalue weighted by atomic mass is 16.6. The Morgan fingerprint density at radius 2 is 1.45 bits per heavy atom. The summed E-state index contributed by atoms with van der Waals surface area (Å²) in [6.07, 6.45) is 3.85. The summed E-state index contributed by atoms with van der Waals surface area (Å²) < 4.78 is 10.7. The second-order valence-electron chi connectivity index (χ2n) is 10.4. The van der Waals surface area contributed by atoms with Crippen molar-refractivity contribution in [1.29, 1.82) is 0 Å². The number of aromatic nitrogens is 1. The summed E-state index contributed by atoms with van der Waals surface area (Å²) in [5.41, 5.74) is 4.31. The van der Waals surface area contributed by atoms with E-state index in [9.17, 15) is 10.1 Å². The van der Waals surface area contributed by atoms with Crippen molar-refractivity contribution in [2.75, 3.05) is 24.4 Å². The van der Waals surface area contributed by atoms with Gasteiger partial charge in [-0.25, -0.2) is 4.98 Å². The molecule has 0 saturated heterocycles. The number of pyridine rings is 1. The molecular formula is C34H40N4O4. The molecule has 1 N–H and O–H groups in total. The third-order valence-corrected chi connectivity index (χ3v) is 7.28. The first-order valence-electron chi connectivity index (χ1n) is 14.4. The molecule has 1 aromatic heterocycles. The first-order chi connectivity index (χ1) is 20.4. The second kappa shape index (κ2) is 14.9. The first-order valence-corrected chi connectivity index (χ1v) is 14.4. The van der Waals surface area contributed by atoms with Gasteiger partial charge in [0.15, 0.2) is 0 Å². The minimum absolute atomic E-state index is 0.0287. The molecule has 4 aromatic rings. The van der Waals surface area contributed by atoms with Crippen molar-refractivity contribution in [3.8, 4) is 11.5 Å². The Morgan fingerprint density at radius 1 is 0.881 bits per heavy atom. The van der Waals surface area contributed by atoms with Crippen molar-refractivity contribution >= 4 is 17.2 Å². The molecule has 42 heavy (non-hydrogen) atoms. The number of rotatable bonds is 15. The minimum Gasteiger partial charge on any atom is -0.497 e. The molecule has 0 fully saturated rings. The number of nitro groups is 1. The summed E-state index contributed by atoms with van der Waals surface area (Å²) >= 11 is 0. The maximum atomic E-state index is 12.8. The number of nitrogens with zero attached hydrogens (tertiary/aromatic N) is 3. The minimum atomic E-state index is -0.312. The Kier molecular flexibility index (Phi) is 10.8. The molecule has 0 aliphatic rings. The Morgan fingerprint density at radius 3 is 1.95 bits per heavy atom. The van der Waals surface area contributed by atoms with E-state index in [-0.39, 0.29) is 16.7 Å². The Labute approximate surface area is 248 Å². The van der Waals surface area contributed by atoms with E-state index in [1.807, 2.05) is 96.8 Å². The first kappa shape index (κ1) is 30.4. The third-order valence-electron chi connectivity index (χ3n) is 7.28. The summed E-state index contributed by atoms with van der Waals surface area (Å²) in [6.45, 7) is 5.03. The van der Waals surface area contributed by atoms with Crippen LogP contribution in [0.5, 0.6) is 11.5 Å². The lowest BCUT2D eigenvalue weighted by atomic mass is 10.1. The van der Waals surface area contributed by atoms with Crippen LogP contribution in [0.2, 0.25) is 0 Å². The number of nitrogens with one attached hydrogen (secondary N) is 1. The summed E-state index contributed by atoms with van der Waals surface area (Å²) in [5, 5.41) is 16.2. The molecule has 8 heteroatoms. The lowest BCUT2D eigenvalue weighted by Crippen LogP contribution is -2.25. The molecule has 0 unspecified atom stereocenters. The molecule has 0 aliphatic carbocycles. The number of hydrogen-bond acceptors (Lipinski definition) is 7. The topological polar surface area (TPSA) is 89.8 Å². The highest BCUT2D eigenvalue weighted by molar-refractivity contribution is 5.75. The van der Waals surface area contributed by atoms with Gasteiger partial charge in [0.25, 0.3) is 0 Å². The average Bonchev–Trinajstić information content (AvgIpc) is 3.01. The van der Waals surface area contributed by atoms with E-state index in [2.05, 4.69) is 12.2 Å². The van der Waals surface area contributed by atoms with Crippen LogP contribution in [0, 0.1) is 10.1 Å². The molecule has 0 radical (unpaired) electrons. The van der Waals surface area contributed by atoms with Crippen molar-refractivity contribution in [2.24, 2.45) is 0 Å². The fourth-order valence-electron chi connectivity index (χ4n) is 4.94. The lowest BCUT2D eigenvalue weighted by Gasteiger charge is -2.26. The van der Waals surface area contributed by atoms with Crippen LogP contribution < -0.4 is 19.7 Å². The maximum absolute atomic E-state index is 12.8. The number of ether oxygens (including phenoxy) is 2. The van der Waals surface area contributed by atoms with Crippen LogP contribution in [-0.4, -0.2) is 24.1 Å². The van der Waals surface area contributed by atoms with Crippen LogP contribution in [0.15, 0.2) is 84.9 Å².